The quantitative estimate of drug-likeness (QED) is 0.898. The molecular weight excluding hydrogens is 242 g/mol. The van der Waals surface area contributed by atoms with Crippen LogP contribution in [0.1, 0.15) is 44.0 Å². The molecule has 0 aliphatic heterocycles. The first-order chi connectivity index (χ1) is 8.45. The molecule has 0 radical (unpaired) electrons. The molecule has 2 heterocycles. The van der Waals surface area contributed by atoms with Crippen LogP contribution in [0.2, 0.25) is 0 Å². The summed E-state index contributed by atoms with van der Waals surface area (Å²) in [7, 11) is 2.01. The molecule has 1 atom stereocenters. The predicted octanol–water partition coefficient (Wildman–Crippen LogP) is 4.19. The number of thiophene rings is 1. The number of hydrogen-bond donors (Lipinski definition) is 1. The van der Waals surface area contributed by atoms with Crippen LogP contribution in [0.5, 0.6) is 0 Å². The summed E-state index contributed by atoms with van der Waals surface area (Å²) in [5, 5.41) is 3.43. The Labute approximate surface area is 113 Å². The highest BCUT2D eigenvalue weighted by atomic mass is 32.1. The number of nitrogens with one attached hydrogen (secondary N) is 1. The minimum atomic E-state index is 0.237. The molecule has 2 aromatic rings. The molecule has 98 valence electrons. The minimum Gasteiger partial charge on any atom is -0.466 e. The monoisotopic (exact) mass is 263 g/mol. The third-order valence-corrected chi connectivity index (χ3v) is 4.75. The summed E-state index contributed by atoms with van der Waals surface area (Å²) >= 11 is 1.86. The van der Waals surface area contributed by atoms with Crippen molar-refractivity contribution in [2.24, 2.45) is 0 Å². The van der Waals surface area contributed by atoms with Crippen molar-refractivity contribution in [2.45, 2.75) is 40.7 Å². The number of aryl methyl sites for hydroxylation is 4. The van der Waals surface area contributed by atoms with Gasteiger partial charge in [-0.1, -0.05) is 0 Å². The predicted molar refractivity (Wildman–Crippen MR) is 77.6 cm³/mol. The molecule has 0 saturated heterocycles. The minimum absolute atomic E-state index is 0.237. The summed E-state index contributed by atoms with van der Waals surface area (Å²) in [6.07, 6.45) is 0. The van der Waals surface area contributed by atoms with Crippen LogP contribution in [0.15, 0.2) is 10.5 Å². The molecule has 0 amide bonds. The van der Waals surface area contributed by atoms with Crippen LogP contribution in [-0.2, 0) is 0 Å². The van der Waals surface area contributed by atoms with Gasteiger partial charge in [0, 0.05) is 15.3 Å². The van der Waals surface area contributed by atoms with E-state index < -0.39 is 0 Å². The Balaban J connectivity index is 2.55. The van der Waals surface area contributed by atoms with E-state index in [-0.39, 0.29) is 6.04 Å². The second kappa shape index (κ2) is 4.90. The second-order valence-electron chi connectivity index (χ2n) is 4.88. The lowest BCUT2D eigenvalue weighted by Crippen LogP contribution is -2.18. The van der Waals surface area contributed by atoms with Gasteiger partial charge in [0.05, 0.1) is 6.04 Å². The lowest BCUT2D eigenvalue weighted by atomic mass is 9.99. The van der Waals surface area contributed by atoms with Crippen molar-refractivity contribution < 1.29 is 4.42 Å². The highest BCUT2D eigenvalue weighted by Gasteiger charge is 2.23. The summed E-state index contributed by atoms with van der Waals surface area (Å²) in [6, 6.07) is 2.49. The third kappa shape index (κ3) is 2.13. The van der Waals surface area contributed by atoms with Crippen molar-refractivity contribution >= 4 is 11.3 Å². The molecule has 0 fully saturated rings. The maximum absolute atomic E-state index is 5.76. The van der Waals surface area contributed by atoms with Gasteiger partial charge >= 0.3 is 0 Å². The van der Waals surface area contributed by atoms with Crippen molar-refractivity contribution in [3.63, 3.8) is 0 Å². The Hall–Kier alpha value is -1.06. The smallest absolute Gasteiger partial charge is 0.106 e. The van der Waals surface area contributed by atoms with Crippen LogP contribution >= 0.6 is 11.3 Å². The van der Waals surface area contributed by atoms with E-state index in [9.17, 15) is 0 Å². The molecule has 2 aromatic heterocycles. The van der Waals surface area contributed by atoms with Crippen molar-refractivity contribution in [3.8, 4) is 0 Å². The van der Waals surface area contributed by atoms with Crippen LogP contribution in [0.4, 0.5) is 0 Å². The fourth-order valence-corrected chi connectivity index (χ4v) is 3.74. The molecule has 0 saturated carbocycles. The van der Waals surface area contributed by atoms with Gasteiger partial charge in [0.15, 0.2) is 0 Å². The molecule has 3 heteroatoms. The van der Waals surface area contributed by atoms with Gasteiger partial charge in [0.25, 0.3) is 0 Å². The van der Waals surface area contributed by atoms with Crippen LogP contribution in [-0.4, -0.2) is 7.05 Å². The van der Waals surface area contributed by atoms with Crippen LogP contribution < -0.4 is 5.32 Å². The van der Waals surface area contributed by atoms with Crippen molar-refractivity contribution in [3.05, 3.63) is 44.0 Å². The fraction of sp³-hybridized carbons (Fsp3) is 0.467. The van der Waals surface area contributed by atoms with Crippen LogP contribution in [0.3, 0.4) is 0 Å². The van der Waals surface area contributed by atoms with Gasteiger partial charge in [0.1, 0.15) is 11.5 Å². The first-order valence-electron chi connectivity index (χ1n) is 6.26. The first-order valence-corrected chi connectivity index (χ1v) is 7.08. The first kappa shape index (κ1) is 13.4. The molecule has 1 unspecified atom stereocenters. The zero-order valence-corrected chi connectivity index (χ0v) is 12.8. The highest BCUT2D eigenvalue weighted by molar-refractivity contribution is 7.12. The third-order valence-electron chi connectivity index (χ3n) is 3.54. The zero-order valence-electron chi connectivity index (χ0n) is 12.0. The fourth-order valence-electron chi connectivity index (χ4n) is 2.59. The van der Waals surface area contributed by atoms with Crippen LogP contribution in [0.25, 0.3) is 0 Å². The summed E-state index contributed by atoms with van der Waals surface area (Å²) in [6.45, 7) is 10.6. The highest BCUT2D eigenvalue weighted by Crippen LogP contribution is 2.36. The molecule has 0 spiro atoms. The van der Waals surface area contributed by atoms with Gasteiger partial charge in [0.2, 0.25) is 0 Å². The molecule has 0 aliphatic carbocycles. The van der Waals surface area contributed by atoms with E-state index in [1.165, 1.54) is 26.4 Å². The SMILES string of the molecule is CNC(c1sc(C)cc1C)c1c(C)oc(C)c1C. The van der Waals surface area contributed by atoms with Gasteiger partial charge in [-0.2, -0.15) is 0 Å². The summed E-state index contributed by atoms with van der Waals surface area (Å²) in [4.78, 5) is 2.75. The van der Waals surface area contributed by atoms with Crippen molar-refractivity contribution in [2.75, 3.05) is 7.05 Å². The number of furan rings is 1. The summed E-state index contributed by atoms with van der Waals surface area (Å²) in [5.74, 6) is 2.04. The van der Waals surface area contributed by atoms with Crippen molar-refractivity contribution in [1.82, 2.24) is 5.32 Å². The van der Waals surface area contributed by atoms with E-state index >= 15 is 0 Å². The molecule has 1 N–H and O–H groups in total. The average Bonchev–Trinajstić information content (AvgIpc) is 2.74. The Kier molecular flexibility index (Phi) is 3.64. The maximum Gasteiger partial charge on any atom is 0.106 e. The average molecular weight is 263 g/mol. The Morgan fingerprint density at radius 2 is 1.78 bits per heavy atom. The second-order valence-corrected chi connectivity index (χ2v) is 6.17. The van der Waals surface area contributed by atoms with E-state index in [0.29, 0.717) is 0 Å². The summed E-state index contributed by atoms with van der Waals surface area (Å²) in [5.41, 5.74) is 3.91. The molecule has 0 aliphatic rings. The molecular formula is C15H21NOS. The largest absolute Gasteiger partial charge is 0.466 e. The number of rotatable bonds is 3. The van der Waals surface area contributed by atoms with Gasteiger partial charge < -0.3 is 9.73 Å². The normalized spacial score (nSPS) is 13.0. The van der Waals surface area contributed by atoms with E-state index in [4.69, 9.17) is 4.42 Å². The lowest BCUT2D eigenvalue weighted by molar-refractivity contribution is 0.496. The van der Waals surface area contributed by atoms with Gasteiger partial charge in [-0.25, -0.2) is 0 Å². The van der Waals surface area contributed by atoms with E-state index in [2.05, 4.69) is 39.1 Å². The standard InChI is InChI=1S/C15H21NOS/c1-8-7-9(2)18-15(8)14(16-6)13-10(3)11(4)17-12(13)5/h7,14,16H,1-6H3. The Morgan fingerprint density at radius 3 is 2.17 bits per heavy atom. The van der Waals surface area contributed by atoms with Crippen LogP contribution in [0, 0.1) is 34.6 Å². The van der Waals surface area contributed by atoms with Gasteiger partial charge in [-0.05, 0) is 58.9 Å². The van der Waals surface area contributed by atoms with E-state index in [1.54, 1.807) is 0 Å². The molecule has 0 bridgehead atoms. The van der Waals surface area contributed by atoms with Gasteiger partial charge in [-0.15, -0.1) is 11.3 Å². The zero-order chi connectivity index (χ0) is 13.4. The molecule has 18 heavy (non-hydrogen) atoms. The molecule has 0 aromatic carbocycles. The number of hydrogen-bond acceptors (Lipinski definition) is 3. The lowest BCUT2D eigenvalue weighted by Gasteiger charge is -2.16. The molecule has 2 rings (SSSR count). The Bertz CT molecular complexity index is 565. The Morgan fingerprint density at radius 1 is 1.11 bits per heavy atom. The maximum atomic E-state index is 5.76. The topological polar surface area (TPSA) is 25.2 Å². The van der Waals surface area contributed by atoms with Crippen molar-refractivity contribution in [1.29, 1.82) is 0 Å². The molecule has 2 nitrogen and oxygen atoms in total. The summed E-state index contributed by atoms with van der Waals surface area (Å²) < 4.78 is 5.76. The van der Waals surface area contributed by atoms with E-state index in [0.717, 1.165) is 11.5 Å². The van der Waals surface area contributed by atoms with E-state index in [1.807, 2.05) is 25.3 Å². The van der Waals surface area contributed by atoms with Gasteiger partial charge in [-0.3, -0.25) is 0 Å².